The van der Waals surface area contributed by atoms with Crippen molar-refractivity contribution in [3.63, 3.8) is 0 Å². The Morgan fingerprint density at radius 2 is 2.19 bits per heavy atom. The number of hydrogen-bond acceptors (Lipinski definition) is 4. The highest BCUT2D eigenvalue weighted by atomic mass is 79.9. The number of aromatic nitrogens is 1. The lowest BCUT2D eigenvalue weighted by Gasteiger charge is -2.24. The Kier molecular flexibility index (Phi) is 3.94. The van der Waals surface area contributed by atoms with E-state index >= 15 is 0 Å². The summed E-state index contributed by atoms with van der Waals surface area (Å²) in [7, 11) is 0. The van der Waals surface area contributed by atoms with Gasteiger partial charge in [-0.05, 0) is 41.6 Å². The minimum atomic E-state index is 0.0775. The first kappa shape index (κ1) is 12.0. The second-order valence-corrected chi connectivity index (χ2v) is 6.48. The molecule has 1 aliphatic carbocycles. The van der Waals surface area contributed by atoms with Gasteiger partial charge in [0.1, 0.15) is 0 Å². The highest BCUT2D eigenvalue weighted by molar-refractivity contribution is 9.11. The number of thiazole rings is 1. The lowest BCUT2D eigenvalue weighted by Crippen LogP contribution is -2.32. The molecule has 88 valence electrons. The van der Waals surface area contributed by atoms with Gasteiger partial charge in [0.15, 0.2) is 5.13 Å². The van der Waals surface area contributed by atoms with E-state index in [1.165, 1.54) is 11.3 Å². The molecule has 1 amide bonds. The molecule has 1 heterocycles. The van der Waals surface area contributed by atoms with Crippen LogP contribution in [0.4, 0.5) is 5.13 Å². The Bertz CT molecular complexity index is 374. The summed E-state index contributed by atoms with van der Waals surface area (Å²) in [4.78, 5) is 16.0. The van der Waals surface area contributed by atoms with Crippen LogP contribution in [0.3, 0.4) is 0 Å². The quantitative estimate of drug-likeness (QED) is 0.881. The smallest absolute Gasteiger partial charge is 0.229 e. The van der Waals surface area contributed by atoms with E-state index in [0.29, 0.717) is 5.13 Å². The molecule has 0 radical (unpaired) electrons. The molecular formula is C10H14BrN3OS. The third-order valence-electron chi connectivity index (χ3n) is 2.85. The standard InChI is InChI=1S/C10H14BrN3OS/c11-8-5-13-10(16-8)14-9(15)6-1-3-7(12)4-2-6/h5-7H,1-4,12H2,(H,13,14,15). The third-order valence-corrected chi connectivity index (χ3v) is 4.24. The van der Waals surface area contributed by atoms with Crippen LogP contribution in [0.25, 0.3) is 0 Å². The Labute approximate surface area is 107 Å². The van der Waals surface area contributed by atoms with Gasteiger partial charge in [0.05, 0.1) is 9.98 Å². The summed E-state index contributed by atoms with van der Waals surface area (Å²) < 4.78 is 0.925. The summed E-state index contributed by atoms with van der Waals surface area (Å²) in [5.74, 6) is 0.177. The monoisotopic (exact) mass is 303 g/mol. The van der Waals surface area contributed by atoms with Gasteiger partial charge in [0.25, 0.3) is 0 Å². The number of hydrogen-bond donors (Lipinski definition) is 2. The van der Waals surface area contributed by atoms with E-state index < -0.39 is 0 Å². The molecule has 1 fully saturated rings. The summed E-state index contributed by atoms with van der Waals surface area (Å²) in [5, 5.41) is 3.50. The van der Waals surface area contributed by atoms with Crippen LogP contribution in [0.1, 0.15) is 25.7 Å². The van der Waals surface area contributed by atoms with Gasteiger partial charge in [0.2, 0.25) is 5.91 Å². The van der Waals surface area contributed by atoms with Crippen LogP contribution in [0.2, 0.25) is 0 Å². The van der Waals surface area contributed by atoms with Crippen LogP contribution in [-0.4, -0.2) is 16.9 Å². The van der Waals surface area contributed by atoms with Gasteiger partial charge < -0.3 is 11.1 Å². The predicted octanol–water partition coefficient (Wildman–Crippen LogP) is 2.36. The molecule has 1 aliphatic rings. The molecule has 6 heteroatoms. The van der Waals surface area contributed by atoms with E-state index in [1.54, 1.807) is 6.20 Å². The third kappa shape index (κ3) is 3.02. The van der Waals surface area contributed by atoms with Crippen LogP contribution in [0, 0.1) is 5.92 Å². The van der Waals surface area contributed by atoms with Crippen LogP contribution >= 0.6 is 27.3 Å². The Hall–Kier alpha value is -0.460. The van der Waals surface area contributed by atoms with E-state index in [4.69, 9.17) is 5.73 Å². The summed E-state index contributed by atoms with van der Waals surface area (Å²) in [6.07, 6.45) is 5.36. The lowest BCUT2D eigenvalue weighted by atomic mass is 9.86. The van der Waals surface area contributed by atoms with Gasteiger partial charge in [-0.15, -0.1) is 0 Å². The van der Waals surface area contributed by atoms with Crippen molar-refractivity contribution in [3.05, 3.63) is 9.98 Å². The van der Waals surface area contributed by atoms with Gasteiger partial charge in [-0.25, -0.2) is 4.98 Å². The first-order valence-electron chi connectivity index (χ1n) is 5.33. The first-order chi connectivity index (χ1) is 7.65. The number of carbonyl (C=O) groups is 1. The maximum absolute atomic E-state index is 11.9. The Morgan fingerprint density at radius 1 is 1.50 bits per heavy atom. The number of nitrogens with one attached hydrogen (secondary N) is 1. The molecule has 1 saturated carbocycles. The highest BCUT2D eigenvalue weighted by Gasteiger charge is 2.24. The molecule has 0 saturated heterocycles. The molecule has 16 heavy (non-hydrogen) atoms. The van der Waals surface area contributed by atoms with Crippen molar-refractivity contribution in [3.8, 4) is 0 Å². The molecule has 0 unspecified atom stereocenters. The largest absolute Gasteiger partial charge is 0.328 e. The number of halogens is 1. The average Bonchev–Trinajstić information content (AvgIpc) is 2.65. The Morgan fingerprint density at radius 3 is 2.75 bits per heavy atom. The minimum absolute atomic E-state index is 0.0775. The molecule has 0 aromatic carbocycles. The van der Waals surface area contributed by atoms with E-state index in [2.05, 4.69) is 26.2 Å². The van der Waals surface area contributed by atoms with E-state index in [9.17, 15) is 4.79 Å². The van der Waals surface area contributed by atoms with Crippen molar-refractivity contribution in [2.45, 2.75) is 31.7 Å². The molecule has 4 nitrogen and oxygen atoms in total. The summed E-state index contributed by atoms with van der Waals surface area (Å²) in [6.45, 7) is 0. The molecule has 1 aromatic rings. The van der Waals surface area contributed by atoms with Crippen molar-refractivity contribution in [1.29, 1.82) is 0 Å². The van der Waals surface area contributed by atoms with Crippen LogP contribution in [0.5, 0.6) is 0 Å². The Balaban J connectivity index is 1.88. The minimum Gasteiger partial charge on any atom is -0.328 e. The number of anilines is 1. The predicted molar refractivity (Wildman–Crippen MR) is 68.4 cm³/mol. The molecule has 0 bridgehead atoms. The number of rotatable bonds is 2. The van der Waals surface area contributed by atoms with Crippen LogP contribution in [-0.2, 0) is 4.79 Å². The fraction of sp³-hybridized carbons (Fsp3) is 0.600. The summed E-state index contributed by atoms with van der Waals surface area (Å²) >= 11 is 4.74. The van der Waals surface area contributed by atoms with Gasteiger partial charge in [-0.1, -0.05) is 11.3 Å². The molecule has 0 atom stereocenters. The normalized spacial score (nSPS) is 25.4. The van der Waals surface area contributed by atoms with Gasteiger partial charge >= 0.3 is 0 Å². The van der Waals surface area contributed by atoms with E-state index in [0.717, 1.165) is 29.5 Å². The van der Waals surface area contributed by atoms with Crippen LogP contribution < -0.4 is 11.1 Å². The maximum Gasteiger partial charge on any atom is 0.229 e. The van der Waals surface area contributed by atoms with Crippen molar-refractivity contribution in [2.24, 2.45) is 11.7 Å². The van der Waals surface area contributed by atoms with Crippen molar-refractivity contribution in [2.75, 3.05) is 5.32 Å². The fourth-order valence-electron chi connectivity index (χ4n) is 1.90. The average molecular weight is 304 g/mol. The molecule has 1 aromatic heterocycles. The van der Waals surface area contributed by atoms with Crippen molar-refractivity contribution >= 4 is 38.3 Å². The van der Waals surface area contributed by atoms with Gasteiger partial charge in [-0.3, -0.25) is 4.79 Å². The SMILES string of the molecule is NC1CCC(C(=O)Nc2ncc(Br)s2)CC1. The van der Waals surface area contributed by atoms with E-state index in [1.807, 2.05) is 0 Å². The fourth-order valence-corrected chi connectivity index (χ4v) is 3.01. The van der Waals surface area contributed by atoms with Gasteiger partial charge in [0, 0.05) is 12.0 Å². The van der Waals surface area contributed by atoms with Crippen molar-refractivity contribution in [1.82, 2.24) is 4.98 Å². The first-order valence-corrected chi connectivity index (χ1v) is 6.94. The number of amides is 1. The second-order valence-electron chi connectivity index (χ2n) is 4.07. The summed E-state index contributed by atoms with van der Waals surface area (Å²) in [6, 6.07) is 0.276. The maximum atomic E-state index is 11.9. The molecule has 0 aliphatic heterocycles. The number of carbonyl (C=O) groups excluding carboxylic acids is 1. The number of nitrogens with zero attached hydrogens (tertiary/aromatic N) is 1. The van der Waals surface area contributed by atoms with Gasteiger partial charge in [-0.2, -0.15) is 0 Å². The zero-order valence-corrected chi connectivity index (χ0v) is 11.2. The number of nitrogens with two attached hydrogens (primary N) is 1. The van der Waals surface area contributed by atoms with Crippen molar-refractivity contribution < 1.29 is 4.79 Å². The molecular weight excluding hydrogens is 290 g/mol. The highest BCUT2D eigenvalue weighted by Crippen LogP contribution is 2.27. The zero-order valence-electron chi connectivity index (χ0n) is 8.78. The summed E-state index contributed by atoms with van der Waals surface area (Å²) in [5.41, 5.74) is 5.80. The second kappa shape index (κ2) is 5.25. The molecule has 3 N–H and O–H groups in total. The zero-order chi connectivity index (χ0) is 11.5. The topological polar surface area (TPSA) is 68.0 Å². The lowest BCUT2D eigenvalue weighted by molar-refractivity contribution is -0.120. The van der Waals surface area contributed by atoms with E-state index in [-0.39, 0.29) is 17.9 Å². The molecule has 0 spiro atoms. The molecule has 2 rings (SSSR count). The van der Waals surface area contributed by atoms with Crippen LogP contribution in [0.15, 0.2) is 9.98 Å².